The van der Waals surface area contributed by atoms with Crippen LogP contribution in [0.15, 0.2) is 43.0 Å². The summed E-state index contributed by atoms with van der Waals surface area (Å²) in [5, 5.41) is 4.02. The van der Waals surface area contributed by atoms with Crippen LogP contribution < -0.4 is 4.74 Å². The lowest BCUT2D eigenvalue weighted by Crippen LogP contribution is -2.03. The zero-order valence-electron chi connectivity index (χ0n) is 9.98. The number of nitrogens with zero attached hydrogens (tertiary/aromatic N) is 3. The first kappa shape index (κ1) is 12.0. The Morgan fingerprint density at radius 3 is 2.94 bits per heavy atom. The number of hydrogen-bond acceptors (Lipinski definition) is 4. The molecule has 0 saturated carbocycles. The zero-order valence-corrected chi connectivity index (χ0v) is 9.98. The van der Waals surface area contributed by atoms with Crippen LogP contribution in [0.1, 0.15) is 5.56 Å². The predicted molar refractivity (Wildman–Crippen MR) is 67.1 cm³/mol. The van der Waals surface area contributed by atoms with Crippen LogP contribution in [-0.2, 0) is 11.2 Å². The van der Waals surface area contributed by atoms with Gasteiger partial charge >= 0.3 is 0 Å². The fourth-order valence-electron chi connectivity index (χ4n) is 1.70. The van der Waals surface area contributed by atoms with Crippen LogP contribution in [0.25, 0.3) is 5.70 Å². The van der Waals surface area contributed by atoms with Crippen molar-refractivity contribution >= 4 is 12.0 Å². The molecule has 5 heteroatoms. The van der Waals surface area contributed by atoms with Crippen LogP contribution in [-0.4, -0.2) is 28.2 Å². The van der Waals surface area contributed by atoms with E-state index in [0.717, 1.165) is 23.3 Å². The first-order valence-electron chi connectivity index (χ1n) is 5.46. The Balaban J connectivity index is 2.30. The van der Waals surface area contributed by atoms with E-state index in [1.807, 2.05) is 24.3 Å². The lowest BCUT2D eigenvalue weighted by Gasteiger charge is -2.10. The molecule has 0 atom stereocenters. The SMILES string of the molecule is COc1ccccc1CC(=CC=O)n1cncn1. The topological polar surface area (TPSA) is 57.0 Å². The Morgan fingerprint density at radius 2 is 2.28 bits per heavy atom. The molecule has 0 aliphatic heterocycles. The van der Waals surface area contributed by atoms with Gasteiger partial charge < -0.3 is 4.74 Å². The fraction of sp³-hybridized carbons (Fsp3) is 0.154. The predicted octanol–water partition coefficient (Wildman–Crippen LogP) is 1.57. The second-order valence-corrected chi connectivity index (χ2v) is 3.62. The van der Waals surface area contributed by atoms with E-state index in [9.17, 15) is 4.79 Å². The molecule has 0 amide bonds. The molecule has 2 aromatic rings. The number of allylic oxidation sites excluding steroid dienone is 2. The number of rotatable bonds is 5. The van der Waals surface area contributed by atoms with Gasteiger partial charge in [0, 0.05) is 12.0 Å². The highest BCUT2D eigenvalue weighted by molar-refractivity contribution is 5.75. The van der Waals surface area contributed by atoms with Gasteiger partial charge in [0.1, 0.15) is 24.7 Å². The highest BCUT2D eigenvalue weighted by atomic mass is 16.5. The monoisotopic (exact) mass is 243 g/mol. The number of carbonyl (C=O) groups excluding carboxylic acids is 1. The molecule has 92 valence electrons. The molecule has 1 aromatic carbocycles. The first-order chi connectivity index (χ1) is 8.85. The maximum Gasteiger partial charge on any atom is 0.144 e. The summed E-state index contributed by atoms with van der Waals surface area (Å²) in [7, 11) is 1.62. The quantitative estimate of drug-likeness (QED) is 0.591. The molecule has 0 spiro atoms. The lowest BCUT2D eigenvalue weighted by atomic mass is 10.1. The molecular formula is C13H13N3O2. The van der Waals surface area contributed by atoms with Crippen LogP contribution in [0.3, 0.4) is 0 Å². The van der Waals surface area contributed by atoms with Gasteiger partial charge in [0.05, 0.1) is 12.8 Å². The largest absolute Gasteiger partial charge is 0.496 e. The van der Waals surface area contributed by atoms with Crippen molar-refractivity contribution in [2.24, 2.45) is 0 Å². The smallest absolute Gasteiger partial charge is 0.144 e. The van der Waals surface area contributed by atoms with E-state index in [1.165, 1.54) is 12.4 Å². The second kappa shape index (κ2) is 5.77. The summed E-state index contributed by atoms with van der Waals surface area (Å²) < 4.78 is 6.85. The van der Waals surface area contributed by atoms with Gasteiger partial charge in [0.15, 0.2) is 0 Å². The normalized spacial score (nSPS) is 11.3. The molecule has 5 nitrogen and oxygen atoms in total. The summed E-state index contributed by atoms with van der Waals surface area (Å²) in [4.78, 5) is 14.6. The van der Waals surface area contributed by atoms with Gasteiger partial charge in [-0.2, -0.15) is 5.10 Å². The molecule has 0 N–H and O–H groups in total. The Labute approximate surface area is 105 Å². The van der Waals surface area contributed by atoms with Crippen molar-refractivity contribution in [3.05, 3.63) is 48.6 Å². The van der Waals surface area contributed by atoms with Gasteiger partial charge in [0.2, 0.25) is 0 Å². The Hall–Kier alpha value is -2.43. The van der Waals surface area contributed by atoms with Gasteiger partial charge in [-0.15, -0.1) is 0 Å². The summed E-state index contributed by atoms with van der Waals surface area (Å²) in [6, 6.07) is 7.67. The number of ether oxygens (including phenoxy) is 1. The average Bonchev–Trinajstić information content (AvgIpc) is 2.92. The maximum atomic E-state index is 10.7. The summed E-state index contributed by atoms with van der Waals surface area (Å²) in [6.45, 7) is 0. The van der Waals surface area contributed by atoms with Crippen molar-refractivity contribution in [3.63, 3.8) is 0 Å². The third kappa shape index (κ3) is 2.63. The minimum absolute atomic E-state index is 0.548. The third-order valence-corrected chi connectivity index (χ3v) is 2.54. The van der Waals surface area contributed by atoms with E-state index in [4.69, 9.17) is 4.74 Å². The van der Waals surface area contributed by atoms with Crippen molar-refractivity contribution in [1.82, 2.24) is 14.8 Å². The van der Waals surface area contributed by atoms with Gasteiger partial charge in [-0.05, 0) is 12.1 Å². The van der Waals surface area contributed by atoms with Crippen LogP contribution in [0.2, 0.25) is 0 Å². The Morgan fingerprint density at radius 1 is 1.44 bits per heavy atom. The standard InChI is InChI=1S/C13H13N3O2/c1-18-13-5-3-2-4-11(13)8-12(6-7-17)16-10-14-9-15-16/h2-7,9-10H,8H2,1H3. The number of methoxy groups -OCH3 is 1. The zero-order chi connectivity index (χ0) is 12.8. The molecule has 0 radical (unpaired) electrons. The van der Waals surface area contributed by atoms with Crippen molar-refractivity contribution in [2.45, 2.75) is 6.42 Å². The van der Waals surface area contributed by atoms with Crippen molar-refractivity contribution in [1.29, 1.82) is 0 Å². The Kier molecular flexibility index (Phi) is 3.86. The molecule has 0 bridgehead atoms. The van der Waals surface area contributed by atoms with Crippen molar-refractivity contribution < 1.29 is 9.53 Å². The molecule has 1 heterocycles. The number of hydrogen-bond donors (Lipinski definition) is 0. The molecule has 0 aliphatic carbocycles. The molecule has 1 aromatic heterocycles. The van der Waals surface area contributed by atoms with Crippen molar-refractivity contribution in [2.75, 3.05) is 7.11 Å². The van der Waals surface area contributed by atoms with Gasteiger partial charge in [0.25, 0.3) is 0 Å². The van der Waals surface area contributed by atoms with Crippen LogP contribution in [0, 0.1) is 0 Å². The minimum atomic E-state index is 0.548. The molecule has 0 saturated heterocycles. The van der Waals surface area contributed by atoms with Gasteiger partial charge in [-0.1, -0.05) is 18.2 Å². The van der Waals surface area contributed by atoms with E-state index in [2.05, 4.69) is 10.1 Å². The van der Waals surface area contributed by atoms with Crippen LogP contribution in [0.5, 0.6) is 5.75 Å². The van der Waals surface area contributed by atoms with E-state index in [1.54, 1.807) is 18.1 Å². The van der Waals surface area contributed by atoms with Crippen LogP contribution >= 0.6 is 0 Å². The number of aldehydes is 1. The molecule has 18 heavy (non-hydrogen) atoms. The van der Waals surface area contributed by atoms with E-state index >= 15 is 0 Å². The third-order valence-electron chi connectivity index (χ3n) is 2.54. The van der Waals surface area contributed by atoms with Crippen LogP contribution in [0.4, 0.5) is 0 Å². The molecule has 0 fully saturated rings. The Bertz CT molecular complexity index is 547. The maximum absolute atomic E-state index is 10.7. The van der Waals surface area contributed by atoms with Gasteiger partial charge in [-0.3, -0.25) is 4.79 Å². The molecule has 0 unspecified atom stereocenters. The average molecular weight is 243 g/mol. The minimum Gasteiger partial charge on any atom is -0.496 e. The highest BCUT2D eigenvalue weighted by Crippen LogP contribution is 2.21. The number of para-hydroxylation sites is 1. The number of benzene rings is 1. The lowest BCUT2D eigenvalue weighted by molar-refractivity contribution is -0.104. The number of aromatic nitrogens is 3. The summed E-state index contributed by atoms with van der Waals surface area (Å²) in [5.74, 6) is 0.786. The summed E-state index contributed by atoms with van der Waals surface area (Å²) in [6.07, 6.45) is 5.76. The second-order valence-electron chi connectivity index (χ2n) is 3.62. The first-order valence-corrected chi connectivity index (χ1v) is 5.46. The van der Waals surface area contributed by atoms with E-state index < -0.39 is 0 Å². The summed E-state index contributed by atoms with van der Waals surface area (Å²) >= 11 is 0. The highest BCUT2D eigenvalue weighted by Gasteiger charge is 2.07. The fourth-order valence-corrected chi connectivity index (χ4v) is 1.70. The van der Waals surface area contributed by atoms with E-state index in [-0.39, 0.29) is 0 Å². The molecular weight excluding hydrogens is 230 g/mol. The molecule has 0 aliphatic rings. The van der Waals surface area contributed by atoms with E-state index in [0.29, 0.717) is 6.42 Å². The summed E-state index contributed by atoms with van der Waals surface area (Å²) in [5.41, 5.74) is 1.73. The number of carbonyl (C=O) groups is 1. The van der Waals surface area contributed by atoms with Gasteiger partial charge in [-0.25, -0.2) is 9.67 Å². The van der Waals surface area contributed by atoms with Crippen molar-refractivity contribution in [3.8, 4) is 5.75 Å². The molecule has 2 rings (SSSR count).